The Morgan fingerprint density at radius 1 is 1.40 bits per heavy atom. The molecular weight excluding hydrogens is 180 g/mol. The normalized spacial score (nSPS) is 16.7. The molecule has 84 valence electrons. The van der Waals surface area contributed by atoms with Crippen molar-refractivity contribution in [2.75, 3.05) is 0 Å². The zero-order valence-corrected chi connectivity index (χ0v) is 10.3. The number of hydrogen-bond donors (Lipinski definition) is 0. The first-order valence-corrected chi connectivity index (χ1v) is 6.39. The fourth-order valence-electron chi connectivity index (χ4n) is 1.95. The maximum atomic E-state index is 2.44. The van der Waals surface area contributed by atoms with E-state index in [9.17, 15) is 0 Å². The highest BCUT2D eigenvalue weighted by Crippen LogP contribution is 2.21. The van der Waals surface area contributed by atoms with Gasteiger partial charge in [0.1, 0.15) is 0 Å². The summed E-state index contributed by atoms with van der Waals surface area (Å²) in [5.41, 5.74) is 3.28. The lowest BCUT2D eigenvalue weighted by molar-refractivity contribution is 0.801. The highest BCUT2D eigenvalue weighted by molar-refractivity contribution is 5.19. The van der Waals surface area contributed by atoms with Gasteiger partial charge >= 0.3 is 0 Å². The average Bonchev–Trinajstić information content (AvgIpc) is 2.31. The third kappa shape index (κ3) is 5.01. The topological polar surface area (TPSA) is 0 Å². The molecule has 0 saturated carbocycles. The predicted molar refractivity (Wildman–Crippen MR) is 69.0 cm³/mol. The molecule has 0 N–H and O–H groups in total. The minimum Gasteiger partial charge on any atom is -0.0853 e. The van der Waals surface area contributed by atoms with E-state index >= 15 is 0 Å². The third-order valence-corrected chi connectivity index (χ3v) is 3.04. The van der Waals surface area contributed by atoms with Crippen LogP contribution in [0.15, 0.2) is 35.5 Å². The summed E-state index contributed by atoms with van der Waals surface area (Å²) in [5.74, 6) is 0. The van der Waals surface area contributed by atoms with Crippen molar-refractivity contribution in [3.05, 3.63) is 35.5 Å². The van der Waals surface area contributed by atoms with E-state index in [1.807, 2.05) is 0 Å². The largest absolute Gasteiger partial charge is 0.0853 e. The standard InChI is InChI=1S/C15H24/c1-3-5-9-14(4-2)12-13-15-10-7-6-8-11-15/h6-7,9-10H,3-5,8,11-13H2,1-2H3/b14-9+. The third-order valence-electron chi connectivity index (χ3n) is 3.04. The van der Waals surface area contributed by atoms with Gasteiger partial charge in [-0.2, -0.15) is 0 Å². The number of rotatable bonds is 6. The van der Waals surface area contributed by atoms with Gasteiger partial charge in [-0.25, -0.2) is 0 Å². The molecule has 1 rings (SSSR count). The molecule has 0 saturated heterocycles. The van der Waals surface area contributed by atoms with Gasteiger partial charge < -0.3 is 0 Å². The Morgan fingerprint density at radius 3 is 2.87 bits per heavy atom. The van der Waals surface area contributed by atoms with E-state index in [-0.39, 0.29) is 0 Å². The summed E-state index contributed by atoms with van der Waals surface area (Å²) in [6.45, 7) is 4.52. The van der Waals surface area contributed by atoms with Gasteiger partial charge in [0.05, 0.1) is 0 Å². The molecule has 0 aromatic heterocycles. The van der Waals surface area contributed by atoms with E-state index in [4.69, 9.17) is 0 Å². The van der Waals surface area contributed by atoms with E-state index in [1.54, 1.807) is 11.1 Å². The Hall–Kier alpha value is -0.780. The van der Waals surface area contributed by atoms with Gasteiger partial charge in [-0.05, 0) is 38.5 Å². The van der Waals surface area contributed by atoms with Crippen LogP contribution >= 0.6 is 0 Å². The maximum Gasteiger partial charge on any atom is -0.0280 e. The number of hydrogen-bond acceptors (Lipinski definition) is 0. The molecule has 1 aliphatic carbocycles. The minimum atomic E-state index is 1.23. The molecule has 0 amide bonds. The summed E-state index contributed by atoms with van der Waals surface area (Å²) in [7, 11) is 0. The van der Waals surface area contributed by atoms with Gasteiger partial charge in [0.25, 0.3) is 0 Å². The number of allylic oxidation sites excluding steroid dienone is 6. The highest BCUT2D eigenvalue weighted by atomic mass is 14.1. The monoisotopic (exact) mass is 204 g/mol. The van der Waals surface area contributed by atoms with E-state index in [1.165, 1.54) is 44.9 Å². The molecule has 15 heavy (non-hydrogen) atoms. The highest BCUT2D eigenvalue weighted by Gasteiger charge is 2.01. The molecule has 0 unspecified atom stereocenters. The Labute approximate surface area is 94.8 Å². The summed E-state index contributed by atoms with van der Waals surface area (Å²) in [6.07, 6.45) is 18.0. The zero-order chi connectivity index (χ0) is 10.9. The van der Waals surface area contributed by atoms with Gasteiger partial charge in [-0.1, -0.05) is 55.7 Å². The van der Waals surface area contributed by atoms with Crippen LogP contribution in [0.2, 0.25) is 0 Å². The van der Waals surface area contributed by atoms with Gasteiger partial charge in [-0.15, -0.1) is 0 Å². The molecule has 0 aromatic carbocycles. The Morgan fingerprint density at radius 2 is 2.27 bits per heavy atom. The van der Waals surface area contributed by atoms with Crippen LogP contribution in [-0.2, 0) is 0 Å². The summed E-state index contributed by atoms with van der Waals surface area (Å²) >= 11 is 0. The molecule has 0 bridgehead atoms. The minimum absolute atomic E-state index is 1.23. The molecule has 0 heteroatoms. The van der Waals surface area contributed by atoms with Crippen molar-refractivity contribution in [1.82, 2.24) is 0 Å². The molecule has 0 fully saturated rings. The summed E-state index contributed by atoms with van der Waals surface area (Å²) in [5, 5.41) is 0. The van der Waals surface area contributed by atoms with Gasteiger partial charge in [0.15, 0.2) is 0 Å². The Bertz CT molecular complexity index is 253. The Kier molecular flexibility index (Phi) is 6.15. The lowest BCUT2D eigenvalue weighted by Crippen LogP contribution is -1.90. The van der Waals surface area contributed by atoms with Crippen molar-refractivity contribution >= 4 is 0 Å². The van der Waals surface area contributed by atoms with Gasteiger partial charge in [0, 0.05) is 0 Å². The second kappa shape index (κ2) is 7.50. The zero-order valence-electron chi connectivity index (χ0n) is 10.3. The predicted octanol–water partition coefficient (Wildman–Crippen LogP) is 5.18. The molecule has 1 aliphatic rings. The molecule has 0 radical (unpaired) electrons. The summed E-state index contributed by atoms with van der Waals surface area (Å²) in [6, 6.07) is 0. The molecule has 0 aromatic rings. The average molecular weight is 204 g/mol. The quantitative estimate of drug-likeness (QED) is 0.523. The Balaban J connectivity index is 2.33. The van der Waals surface area contributed by atoms with E-state index in [0.29, 0.717) is 0 Å². The van der Waals surface area contributed by atoms with E-state index in [0.717, 1.165) is 0 Å². The van der Waals surface area contributed by atoms with E-state index < -0.39 is 0 Å². The maximum absolute atomic E-state index is 2.44. The molecule has 0 nitrogen and oxygen atoms in total. The second-order valence-corrected chi connectivity index (χ2v) is 4.30. The van der Waals surface area contributed by atoms with Crippen LogP contribution in [0.4, 0.5) is 0 Å². The molecule has 0 spiro atoms. The smallest absolute Gasteiger partial charge is 0.0280 e. The van der Waals surface area contributed by atoms with Crippen molar-refractivity contribution < 1.29 is 0 Å². The second-order valence-electron chi connectivity index (χ2n) is 4.30. The van der Waals surface area contributed by atoms with Crippen LogP contribution in [0.3, 0.4) is 0 Å². The lowest BCUT2D eigenvalue weighted by Gasteiger charge is -2.10. The van der Waals surface area contributed by atoms with Crippen molar-refractivity contribution in [1.29, 1.82) is 0 Å². The van der Waals surface area contributed by atoms with Crippen molar-refractivity contribution in [3.63, 3.8) is 0 Å². The van der Waals surface area contributed by atoms with Crippen LogP contribution in [0.25, 0.3) is 0 Å². The van der Waals surface area contributed by atoms with Crippen molar-refractivity contribution in [3.8, 4) is 0 Å². The molecule has 0 heterocycles. The summed E-state index contributed by atoms with van der Waals surface area (Å²) in [4.78, 5) is 0. The molecule has 0 aliphatic heterocycles. The first-order valence-electron chi connectivity index (χ1n) is 6.39. The van der Waals surface area contributed by atoms with E-state index in [2.05, 4.69) is 38.2 Å². The van der Waals surface area contributed by atoms with Crippen LogP contribution in [0.1, 0.15) is 58.8 Å². The first kappa shape index (κ1) is 12.3. The first-order chi connectivity index (χ1) is 7.36. The summed E-state index contributed by atoms with van der Waals surface area (Å²) < 4.78 is 0. The molecular formula is C15H24. The number of unbranched alkanes of at least 4 members (excludes halogenated alkanes) is 1. The van der Waals surface area contributed by atoms with Crippen molar-refractivity contribution in [2.45, 2.75) is 58.8 Å². The van der Waals surface area contributed by atoms with Crippen LogP contribution in [-0.4, -0.2) is 0 Å². The van der Waals surface area contributed by atoms with Crippen LogP contribution < -0.4 is 0 Å². The van der Waals surface area contributed by atoms with Gasteiger partial charge in [-0.3, -0.25) is 0 Å². The van der Waals surface area contributed by atoms with Crippen molar-refractivity contribution in [2.24, 2.45) is 0 Å². The van der Waals surface area contributed by atoms with Crippen LogP contribution in [0, 0.1) is 0 Å². The fraction of sp³-hybridized carbons (Fsp3) is 0.600. The van der Waals surface area contributed by atoms with Crippen LogP contribution in [0.5, 0.6) is 0 Å². The SMILES string of the molecule is CCC/C=C(\CC)CCC1=CC=CCC1. The molecule has 0 atom stereocenters. The lowest BCUT2D eigenvalue weighted by atomic mass is 9.96. The van der Waals surface area contributed by atoms with Gasteiger partial charge in [0.2, 0.25) is 0 Å². The fourth-order valence-corrected chi connectivity index (χ4v) is 1.95.